The van der Waals surface area contributed by atoms with Crippen molar-refractivity contribution in [3.63, 3.8) is 0 Å². The molecule has 3 aromatic carbocycles. The molecule has 0 aliphatic heterocycles. The normalized spacial score (nSPS) is 11.0. The zero-order valence-corrected chi connectivity index (χ0v) is 17.6. The van der Waals surface area contributed by atoms with Crippen molar-refractivity contribution in [3.05, 3.63) is 84.9 Å². The van der Waals surface area contributed by atoms with Crippen LogP contribution in [0.5, 0.6) is 17.2 Å². The van der Waals surface area contributed by atoms with Gasteiger partial charge in [0, 0.05) is 18.8 Å². The molecule has 8 heteroatoms. The zero-order chi connectivity index (χ0) is 21.2. The fraction of sp³-hybridized carbons (Fsp3) is 0.182. The molecule has 0 saturated carbocycles. The van der Waals surface area contributed by atoms with Crippen LogP contribution in [0.15, 0.2) is 84.9 Å². The SMILES string of the molecule is CCN(CCOP(=O)(Oc1ccccc1)Oc1ccccc1)c1ccc(ON)cc1. The number of benzene rings is 3. The predicted molar refractivity (Wildman–Crippen MR) is 117 cm³/mol. The van der Waals surface area contributed by atoms with Crippen molar-refractivity contribution >= 4 is 13.5 Å². The van der Waals surface area contributed by atoms with E-state index in [0.717, 1.165) is 12.2 Å². The first-order valence-electron chi connectivity index (χ1n) is 9.57. The number of anilines is 1. The summed E-state index contributed by atoms with van der Waals surface area (Å²) in [6.07, 6.45) is 0. The molecule has 0 aliphatic carbocycles. The summed E-state index contributed by atoms with van der Waals surface area (Å²) >= 11 is 0. The molecule has 30 heavy (non-hydrogen) atoms. The molecule has 0 saturated heterocycles. The van der Waals surface area contributed by atoms with Crippen molar-refractivity contribution in [1.29, 1.82) is 0 Å². The standard InChI is InChI=1S/C22H25N2O5P/c1-2-24(19-13-15-20(27-23)16-14-19)17-18-26-30(25,28-21-9-5-3-6-10-21)29-22-11-7-4-8-12-22/h3-16H,2,17-18,23H2,1H3. The molecule has 0 atom stereocenters. The molecule has 0 aliphatic rings. The van der Waals surface area contributed by atoms with E-state index in [4.69, 9.17) is 24.3 Å². The van der Waals surface area contributed by atoms with Crippen LogP contribution in [-0.4, -0.2) is 19.7 Å². The maximum absolute atomic E-state index is 13.3. The molecule has 158 valence electrons. The molecule has 0 radical (unpaired) electrons. The molecule has 3 rings (SSSR count). The van der Waals surface area contributed by atoms with Crippen LogP contribution < -0.4 is 24.7 Å². The largest absolute Gasteiger partial charge is 0.587 e. The van der Waals surface area contributed by atoms with E-state index in [2.05, 4.69) is 4.90 Å². The van der Waals surface area contributed by atoms with Crippen molar-refractivity contribution in [2.45, 2.75) is 6.92 Å². The molecule has 3 aromatic rings. The summed E-state index contributed by atoms with van der Waals surface area (Å²) in [5, 5.41) is 0. The van der Waals surface area contributed by atoms with Gasteiger partial charge in [0.05, 0.1) is 6.61 Å². The molecule has 7 nitrogen and oxygen atoms in total. The number of nitrogens with zero attached hydrogens (tertiary/aromatic N) is 1. The summed E-state index contributed by atoms with van der Waals surface area (Å²) in [6.45, 7) is 3.38. The monoisotopic (exact) mass is 428 g/mol. The van der Waals surface area contributed by atoms with E-state index in [-0.39, 0.29) is 6.61 Å². The fourth-order valence-electron chi connectivity index (χ4n) is 2.76. The number of hydrogen-bond acceptors (Lipinski definition) is 7. The lowest BCUT2D eigenvalue weighted by Crippen LogP contribution is -2.27. The van der Waals surface area contributed by atoms with Gasteiger partial charge in [0.1, 0.15) is 17.2 Å². The van der Waals surface area contributed by atoms with Crippen molar-refractivity contribution < 1.29 is 23.0 Å². The van der Waals surface area contributed by atoms with E-state index in [1.165, 1.54) is 0 Å². The Balaban J connectivity index is 1.68. The molecule has 0 unspecified atom stereocenters. The summed E-state index contributed by atoms with van der Waals surface area (Å²) in [6, 6.07) is 25.0. The van der Waals surface area contributed by atoms with E-state index in [9.17, 15) is 4.57 Å². The third-order valence-electron chi connectivity index (χ3n) is 4.25. The van der Waals surface area contributed by atoms with Crippen LogP contribution in [0.1, 0.15) is 6.92 Å². The Morgan fingerprint density at radius 1 is 0.800 bits per heavy atom. The van der Waals surface area contributed by atoms with Crippen LogP contribution in [-0.2, 0) is 9.09 Å². The first-order valence-corrected chi connectivity index (χ1v) is 11.0. The number of likely N-dealkylation sites (N-methyl/N-ethyl adjacent to an activating group) is 1. The van der Waals surface area contributed by atoms with E-state index >= 15 is 0 Å². The molecular weight excluding hydrogens is 403 g/mol. The summed E-state index contributed by atoms with van der Waals surface area (Å²) in [7, 11) is -3.90. The van der Waals surface area contributed by atoms with Crippen LogP contribution in [0.3, 0.4) is 0 Å². The zero-order valence-electron chi connectivity index (χ0n) is 16.7. The molecule has 0 fully saturated rings. The Bertz CT molecular complexity index is 893. The molecule has 0 bridgehead atoms. The first kappa shape index (κ1) is 21.7. The average Bonchev–Trinajstić information content (AvgIpc) is 2.78. The van der Waals surface area contributed by atoms with Crippen LogP contribution in [0.25, 0.3) is 0 Å². The lowest BCUT2D eigenvalue weighted by Gasteiger charge is -2.24. The molecule has 0 spiro atoms. The van der Waals surface area contributed by atoms with Gasteiger partial charge in [0.2, 0.25) is 0 Å². The smallest absolute Gasteiger partial charge is 0.412 e. The van der Waals surface area contributed by atoms with Crippen LogP contribution in [0.2, 0.25) is 0 Å². The summed E-state index contributed by atoms with van der Waals surface area (Å²) in [5.74, 6) is 6.55. The Hall–Kier alpha value is -2.99. The fourth-order valence-corrected chi connectivity index (χ4v) is 3.97. The molecule has 0 amide bonds. The van der Waals surface area contributed by atoms with E-state index in [1.807, 2.05) is 31.2 Å². The van der Waals surface area contributed by atoms with E-state index < -0.39 is 7.82 Å². The summed E-state index contributed by atoms with van der Waals surface area (Å²) < 4.78 is 30.2. The van der Waals surface area contributed by atoms with Crippen LogP contribution >= 0.6 is 7.82 Å². The summed E-state index contributed by atoms with van der Waals surface area (Å²) in [4.78, 5) is 6.77. The van der Waals surface area contributed by atoms with Gasteiger partial charge < -0.3 is 18.8 Å². The maximum Gasteiger partial charge on any atom is 0.587 e. The highest BCUT2D eigenvalue weighted by atomic mass is 31.2. The third-order valence-corrected chi connectivity index (χ3v) is 5.62. The summed E-state index contributed by atoms with van der Waals surface area (Å²) in [5.41, 5.74) is 0.963. The number of hydrogen-bond donors (Lipinski definition) is 1. The maximum atomic E-state index is 13.3. The van der Waals surface area contributed by atoms with Crippen LogP contribution in [0.4, 0.5) is 5.69 Å². The highest BCUT2D eigenvalue weighted by Crippen LogP contribution is 2.49. The van der Waals surface area contributed by atoms with Gasteiger partial charge in [-0.25, -0.2) is 4.57 Å². The predicted octanol–water partition coefficient (Wildman–Crippen LogP) is 5.05. The minimum absolute atomic E-state index is 0.139. The van der Waals surface area contributed by atoms with Gasteiger partial charge >= 0.3 is 7.82 Å². The van der Waals surface area contributed by atoms with Gasteiger partial charge in [0.15, 0.2) is 0 Å². The van der Waals surface area contributed by atoms with E-state index in [1.54, 1.807) is 60.7 Å². The second-order valence-corrected chi connectivity index (χ2v) is 7.80. The van der Waals surface area contributed by atoms with Crippen LogP contribution in [0, 0.1) is 0 Å². The third kappa shape index (κ3) is 6.26. The topological polar surface area (TPSA) is 83.2 Å². The highest BCUT2D eigenvalue weighted by Gasteiger charge is 2.31. The quantitative estimate of drug-likeness (QED) is 0.338. The van der Waals surface area contributed by atoms with Gasteiger partial charge in [0.25, 0.3) is 0 Å². The Kier molecular flexibility index (Phi) is 7.74. The van der Waals surface area contributed by atoms with Crippen molar-refractivity contribution in [3.8, 4) is 17.2 Å². The molecule has 0 aromatic heterocycles. The number of rotatable bonds is 11. The minimum Gasteiger partial charge on any atom is -0.412 e. The Labute approximate surface area is 176 Å². The minimum atomic E-state index is -3.90. The van der Waals surface area contributed by atoms with E-state index in [0.29, 0.717) is 23.8 Å². The number of nitrogens with two attached hydrogens (primary N) is 1. The van der Waals surface area contributed by atoms with Crippen molar-refractivity contribution in [2.24, 2.45) is 5.90 Å². The second-order valence-electron chi connectivity index (χ2n) is 6.28. The average molecular weight is 428 g/mol. The van der Waals surface area contributed by atoms with Gasteiger partial charge in [-0.15, -0.1) is 0 Å². The molecule has 2 N–H and O–H groups in total. The lowest BCUT2D eigenvalue weighted by atomic mass is 10.2. The molecular formula is C22H25N2O5P. The first-order chi connectivity index (χ1) is 14.6. The number of phosphoric acid groups is 1. The van der Waals surface area contributed by atoms with Crippen molar-refractivity contribution in [2.75, 3.05) is 24.6 Å². The van der Waals surface area contributed by atoms with Gasteiger partial charge in [-0.2, -0.15) is 5.90 Å². The second kappa shape index (κ2) is 10.7. The highest BCUT2D eigenvalue weighted by molar-refractivity contribution is 7.49. The Morgan fingerprint density at radius 2 is 1.33 bits per heavy atom. The lowest BCUT2D eigenvalue weighted by molar-refractivity contribution is 0.213. The van der Waals surface area contributed by atoms with Crippen molar-refractivity contribution in [1.82, 2.24) is 0 Å². The molecule has 0 heterocycles. The van der Waals surface area contributed by atoms with Gasteiger partial charge in [-0.3, -0.25) is 4.52 Å². The number of phosphoric ester groups is 1. The Morgan fingerprint density at radius 3 is 1.80 bits per heavy atom. The van der Waals surface area contributed by atoms with Gasteiger partial charge in [-0.1, -0.05) is 36.4 Å². The number of para-hydroxylation sites is 2. The van der Waals surface area contributed by atoms with Gasteiger partial charge in [-0.05, 0) is 55.5 Å².